The molecule has 146 valence electrons. The molecule has 0 bridgehead atoms. The van der Waals surface area contributed by atoms with Crippen LogP contribution in [0.15, 0.2) is 40.8 Å². The molecule has 0 radical (unpaired) electrons. The maximum absolute atomic E-state index is 12.7. The molecule has 3 aromatic rings. The molecule has 0 atom stereocenters. The molecule has 2 aromatic heterocycles. The number of aromatic nitrogens is 2. The molecule has 8 nitrogen and oxygen atoms in total. The molecule has 0 aliphatic carbocycles. The van der Waals surface area contributed by atoms with Gasteiger partial charge < -0.3 is 14.6 Å². The van der Waals surface area contributed by atoms with E-state index >= 15 is 0 Å². The second-order valence-corrected chi connectivity index (χ2v) is 6.68. The van der Waals surface area contributed by atoms with Crippen LogP contribution in [0.25, 0.3) is 10.2 Å². The summed E-state index contributed by atoms with van der Waals surface area (Å²) in [4.78, 5) is 40.3. The minimum Gasteiger partial charge on any atom is -0.494 e. The number of rotatable bonds is 8. The van der Waals surface area contributed by atoms with Gasteiger partial charge in [-0.15, -0.1) is 11.3 Å². The van der Waals surface area contributed by atoms with Crippen LogP contribution < -0.4 is 10.3 Å². The lowest BCUT2D eigenvalue weighted by Gasteiger charge is -2.08. The van der Waals surface area contributed by atoms with Crippen LogP contribution in [0.4, 0.5) is 0 Å². The average Bonchev–Trinajstić information content (AvgIpc) is 3.12. The van der Waals surface area contributed by atoms with Gasteiger partial charge in [-0.2, -0.15) is 0 Å². The highest BCUT2D eigenvalue weighted by atomic mass is 32.1. The highest BCUT2D eigenvalue weighted by Crippen LogP contribution is 2.21. The highest BCUT2D eigenvalue weighted by Gasteiger charge is 2.18. The normalized spacial score (nSPS) is 10.8. The van der Waals surface area contributed by atoms with Gasteiger partial charge >= 0.3 is 11.9 Å². The van der Waals surface area contributed by atoms with Gasteiger partial charge in [0, 0.05) is 11.9 Å². The van der Waals surface area contributed by atoms with Crippen LogP contribution in [-0.4, -0.2) is 39.8 Å². The van der Waals surface area contributed by atoms with Gasteiger partial charge in [-0.1, -0.05) is 0 Å². The van der Waals surface area contributed by atoms with Crippen molar-refractivity contribution in [2.75, 3.05) is 13.2 Å². The molecule has 0 spiro atoms. The van der Waals surface area contributed by atoms with Crippen molar-refractivity contribution < 1.29 is 24.2 Å². The SMILES string of the molecule is CCOC(=O)c1csc2ncn(CCCOc3ccc(C(=O)O)cc3)c(=O)c12. The lowest BCUT2D eigenvalue weighted by Crippen LogP contribution is -2.22. The highest BCUT2D eigenvalue weighted by molar-refractivity contribution is 7.17. The fourth-order valence-electron chi connectivity index (χ4n) is 2.60. The molecular formula is C19H18N2O6S. The molecule has 0 fully saturated rings. The van der Waals surface area contributed by atoms with Gasteiger partial charge in [0.2, 0.25) is 0 Å². The van der Waals surface area contributed by atoms with Crippen molar-refractivity contribution in [2.45, 2.75) is 19.9 Å². The fourth-order valence-corrected chi connectivity index (χ4v) is 3.47. The first-order valence-electron chi connectivity index (χ1n) is 8.61. The molecule has 0 saturated carbocycles. The van der Waals surface area contributed by atoms with Crippen LogP contribution in [0, 0.1) is 0 Å². The molecule has 1 aromatic carbocycles. The van der Waals surface area contributed by atoms with Crippen LogP contribution in [-0.2, 0) is 11.3 Å². The molecule has 2 heterocycles. The van der Waals surface area contributed by atoms with Gasteiger partial charge in [-0.05, 0) is 37.6 Å². The fraction of sp³-hybridized carbons (Fsp3) is 0.263. The van der Waals surface area contributed by atoms with E-state index in [1.54, 1.807) is 24.4 Å². The minimum atomic E-state index is -0.996. The summed E-state index contributed by atoms with van der Waals surface area (Å²) in [5, 5.41) is 10.7. The molecule has 3 rings (SSSR count). The number of hydrogen-bond acceptors (Lipinski definition) is 7. The van der Waals surface area contributed by atoms with Gasteiger partial charge in [-0.25, -0.2) is 14.6 Å². The molecule has 0 aliphatic rings. The first kappa shape index (κ1) is 19.6. The summed E-state index contributed by atoms with van der Waals surface area (Å²) in [5.74, 6) is -0.976. The predicted octanol–water partition coefficient (Wildman–Crippen LogP) is 2.80. The van der Waals surface area contributed by atoms with Crippen LogP contribution in [0.3, 0.4) is 0 Å². The molecule has 0 amide bonds. The molecule has 28 heavy (non-hydrogen) atoms. The Balaban J connectivity index is 1.65. The average molecular weight is 402 g/mol. The van der Waals surface area contributed by atoms with Gasteiger partial charge in [0.05, 0.1) is 36.1 Å². The van der Waals surface area contributed by atoms with E-state index in [0.717, 1.165) is 0 Å². The quantitative estimate of drug-likeness (QED) is 0.456. The Kier molecular flexibility index (Phi) is 6.05. The summed E-state index contributed by atoms with van der Waals surface area (Å²) >= 11 is 1.23. The number of benzene rings is 1. The number of carboxylic acid groups (broad SMARTS) is 1. The van der Waals surface area contributed by atoms with Crippen LogP contribution >= 0.6 is 11.3 Å². The molecule has 0 aliphatic heterocycles. The van der Waals surface area contributed by atoms with Crippen molar-refractivity contribution in [3.8, 4) is 5.75 Å². The Bertz CT molecular complexity index is 1050. The van der Waals surface area contributed by atoms with Crippen LogP contribution in [0.2, 0.25) is 0 Å². The van der Waals surface area contributed by atoms with Crippen LogP contribution in [0.5, 0.6) is 5.75 Å². The molecular weight excluding hydrogens is 384 g/mol. The summed E-state index contributed by atoms with van der Waals surface area (Å²) in [6.07, 6.45) is 1.99. The number of carboxylic acids is 1. The standard InChI is InChI=1S/C19H18N2O6S/c1-2-26-19(25)14-10-28-16-15(14)17(22)21(11-20-16)8-3-9-27-13-6-4-12(5-7-13)18(23)24/h4-7,10-11H,2-3,8-9H2,1H3,(H,23,24). The Morgan fingerprint density at radius 2 is 2.00 bits per heavy atom. The second kappa shape index (κ2) is 8.66. The smallest absolute Gasteiger partial charge is 0.339 e. The summed E-state index contributed by atoms with van der Waals surface area (Å²) in [7, 11) is 0. The number of thiophene rings is 1. The number of nitrogens with zero attached hydrogens (tertiary/aromatic N) is 2. The Labute approximate surface area is 164 Å². The van der Waals surface area contributed by atoms with E-state index in [0.29, 0.717) is 30.2 Å². The van der Waals surface area contributed by atoms with E-state index in [1.165, 1.54) is 34.4 Å². The maximum atomic E-state index is 12.7. The topological polar surface area (TPSA) is 108 Å². The number of carbonyl (C=O) groups excluding carboxylic acids is 1. The third-order valence-electron chi connectivity index (χ3n) is 3.97. The second-order valence-electron chi connectivity index (χ2n) is 5.82. The van der Waals surface area contributed by atoms with E-state index < -0.39 is 11.9 Å². The summed E-state index contributed by atoms with van der Waals surface area (Å²) < 4.78 is 12.0. The van der Waals surface area contributed by atoms with E-state index in [2.05, 4.69) is 4.98 Å². The lowest BCUT2D eigenvalue weighted by molar-refractivity contribution is 0.0528. The first-order chi connectivity index (χ1) is 13.5. The number of hydrogen-bond donors (Lipinski definition) is 1. The van der Waals surface area contributed by atoms with Crippen molar-refractivity contribution >= 4 is 33.5 Å². The van der Waals surface area contributed by atoms with Crippen molar-refractivity contribution in [1.29, 1.82) is 0 Å². The largest absolute Gasteiger partial charge is 0.494 e. The third kappa shape index (κ3) is 4.20. The molecule has 0 saturated heterocycles. The van der Waals surface area contributed by atoms with Crippen molar-refractivity contribution in [3.63, 3.8) is 0 Å². The molecule has 9 heteroatoms. The number of carbonyl (C=O) groups is 2. The Morgan fingerprint density at radius 1 is 1.25 bits per heavy atom. The summed E-state index contributed by atoms with van der Waals surface area (Å²) in [6, 6.07) is 6.10. The Morgan fingerprint density at radius 3 is 2.68 bits per heavy atom. The Hall–Kier alpha value is -3.20. The lowest BCUT2D eigenvalue weighted by atomic mass is 10.2. The number of esters is 1. The molecule has 1 N–H and O–H groups in total. The number of fused-ring (bicyclic) bond motifs is 1. The van der Waals surface area contributed by atoms with Gasteiger partial charge in [0.25, 0.3) is 5.56 Å². The summed E-state index contributed by atoms with van der Waals surface area (Å²) in [6.45, 7) is 2.64. The maximum Gasteiger partial charge on any atom is 0.339 e. The zero-order chi connectivity index (χ0) is 20.1. The first-order valence-corrected chi connectivity index (χ1v) is 9.49. The number of aromatic carboxylic acids is 1. The monoisotopic (exact) mass is 402 g/mol. The van der Waals surface area contributed by atoms with E-state index in [4.69, 9.17) is 14.6 Å². The van der Waals surface area contributed by atoms with E-state index in [1.807, 2.05) is 0 Å². The molecule has 0 unspecified atom stereocenters. The third-order valence-corrected chi connectivity index (χ3v) is 4.86. The van der Waals surface area contributed by atoms with E-state index in [-0.39, 0.29) is 28.7 Å². The minimum absolute atomic E-state index is 0.187. The van der Waals surface area contributed by atoms with Gasteiger partial charge in [0.15, 0.2) is 0 Å². The van der Waals surface area contributed by atoms with E-state index in [9.17, 15) is 14.4 Å². The zero-order valence-corrected chi connectivity index (χ0v) is 15.9. The van der Waals surface area contributed by atoms with Gasteiger partial charge in [-0.3, -0.25) is 9.36 Å². The zero-order valence-electron chi connectivity index (χ0n) is 15.1. The number of ether oxygens (including phenoxy) is 2. The van der Waals surface area contributed by atoms with Crippen molar-refractivity contribution in [2.24, 2.45) is 0 Å². The number of aryl methyl sites for hydroxylation is 1. The van der Waals surface area contributed by atoms with Crippen molar-refractivity contribution in [3.05, 3.63) is 57.5 Å². The van der Waals surface area contributed by atoms with Crippen LogP contribution in [0.1, 0.15) is 34.1 Å². The van der Waals surface area contributed by atoms with Gasteiger partial charge in [0.1, 0.15) is 10.6 Å². The summed E-state index contributed by atoms with van der Waals surface area (Å²) in [5.41, 5.74) is 0.134. The van der Waals surface area contributed by atoms with Crippen molar-refractivity contribution in [1.82, 2.24) is 9.55 Å². The predicted molar refractivity (Wildman–Crippen MR) is 103 cm³/mol.